The van der Waals surface area contributed by atoms with Crippen LogP contribution in [-0.4, -0.2) is 41.3 Å². The Morgan fingerprint density at radius 3 is 2.81 bits per heavy atom. The second-order valence-corrected chi connectivity index (χ2v) is 6.99. The molecule has 0 unspecified atom stereocenters. The molecule has 8 nitrogen and oxygen atoms in total. The summed E-state index contributed by atoms with van der Waals surface area (Å²) in [6.07, 6.45) is 0.644. The quantitative estimate of drug-likeness (QED) is 0.766. The van der Waals surface area contributed by atoms with Crippen molar-refractivity contribution < 1.29 is 14.3 Å². The van der Waals surface area contributed by atoms with E-state index in [0.29, 0.717) is 31.7 Å². The average molecular weight is 369 g/mol. The Labute approximate surface area is 157 Å². The highest BCUT2D eigenvalue weighted by atomic mass is 16.5. The molecule has 0 saturated carbocycles. The summed E-state index contributed by atoms with van der Waals surface area (Å²) in [5.74, 6) is -0.197. The SMILES string of the molecule is C[C@@H]1Cc2c(C(=O)NCc3ccc(N4CCNC4=O)cc3)n[nH]c2[C@H](C)O1. The lowest BCUT2D eigenvalue weighted by Gasteiger charge is -2.25. The average Bonchev–Trinajstić information content (AvgIpc) is 3.26. The number of carbonyl (C=O) groups is 2. The summed E-state index contributed by atoms with van der Waals surface area (Å²) in [6, 6.07) is 7.54. The van der Waals surface area contributed by atoms with Gasteiger partial charge in [0.05, 0.1) is 17.9 Å². The van der Waals surface area contributed by atoms with E-state index in [1.54, 1.807) is 4.90 Å². The molecular formula is C19H23N5O3. The van der Waals surface area contributed by atoms with E-state index >= 15 is 0 Å². The van der Waals surface area contributed by atoms with Crippen LogP contribution in [0, 0.1) is 0 Å². The molecule has 8 heteroatoms. The molecule has 0 bridgehead atoms. The lowest BCUT2D eigenvalue weighted by Crippen LogP contribution is -2.28. The van der Waals surface area contributed by atoms with Gasteiger partial charge in [-0.2, -0.15) is 5.10 Å². The smallest absolute Gasteiger partial charge is 0.321 e. The number of amides is 3. The van der Waals surface area contributed by atoms with Crippen molar-refractivity contribution in [1.29, 1.82) is 0 Å². The Bertz CT molecular complexity index is 861. The fraction of sp³-hybridized carbons (Fsp3) is 0.421. The summed E-state index contributed by atoms with van der Waals surface area (Å²) in [5, 5.41) is 12.8. The summed E-state index contributed by atoms with van der Waals surface area (Å²) in [7, 11) is 0. The first-order valence-electron chi connectivity index (χ1n) is 9.18. The van der Waals surface area contributed by atoms with Crippen molar-refractivity contribution in [3.8, 4) is 0 Å². The van der Waals surface area contributed by atoms with E-state index < -0.39 is 0 Å². The van der Waals surface area contributed by atoms with Crippen molar-refractivity contribution in [2.75, 3.05) is 18.0 Å². The van der Waals surface area contributed by atoms with E-state index in [1.807, 2.05) is 38.1 Å². The van der Waals surface area contributed by atoms with Crippen LogP contribution in [0.1, 0.15) is 47.3 Å². The number of benzene rings is 1. The first kappa shape index (κ1) is 17.5. The molecule has 1 saturated heterocycles. The molecule has 3 amide bonds. The fourth-order valence-corrected chi connectivity index (χ4v) is 3.64. The number of hydrogen-bond acceptors (Lipinski definition) is 4. The first-order valence-corrected chi connectivity index (χ1v) is 9.18. The molecule has 3 N–H and O–H groups in total. The molecule has 1 aromatic heterocycles. The van der Waals surface area contributed by atoms with Gasteiger partial charge >= 0.3 is 6.03 Å². The standard InChI is InChI=1S/C19H23N5O3/c1-11-9-15-16(12(2)27-11)22-23-17(15)18(25)21-10-13-3-5-14(6-4-13)24-8-7-20-19(24)26/h3-6,11-12H,7-10H2,1-2H3,(H,20,26)(H,21,25)(H,22,23)/t11-,12+/m1/s1. The number of nitrogens with one attached hydrogen (secondary N) is 3. The van der Waals surface area contributed by atoms with Crippen molar-refractivity contribution in [3.05, 3.63) is 46.8 Å². The summed E-state index contributed by atoms with van der Waals surface area (Å²) >= 11 is 0. The maximum Gasteiger partial charge on any atom is 0.321 e. The topological polar surface area (TPSA) is 99.4 Å². The van der Waals surface area contributed by atoms with Crippen molar-refractivity contribution in [3.63, 3.8) is 0 Å². The predicted molar refractivity (Wildman–Crippen MR) is 99.6 cm³/mol. The van der Waals surface area contributed by atoms with Gasteiger partial charge in [0, 0.05) is 37.3 Å². The molecule has 1 aromatic carbocycles. The Hall–Kier alpha value is -2.87. The van der Waals surface area contributed by atoms with Crippen molar-refractivity contribution >= 4 is 17.6 Å². The van der Waals surface area contributed by atoms with Crippen LogP contribution in [0.25, 0.3) is 0 Å². The summed E-state index contributed by atoms with van der Waals surface area (Å²) in [4.78, 5) is 26.0. The Morgan fingerprint density at radius 2 is 2.11 bits per heavy atom. The molecule has 4 rings (SSSR count). The van der Waals surface area contributed by atoms with Gasteiger partial charge in [-0.3, -0.25) is 14.8 Å². The number of hydrogen-bond donors (Lipinski definition) is 3. The van der Waals surface area contributed by atoms with Gasteiger partial charge in [-0.25, -0.2) is 4.79 Å². The van der Waals surface area contributed by atoms with E-state index in [4.69, 9.17) is 4.74 Å². The molecule has 1 fully saturated rings. The summed E-state index contributed by atoms with van der Waals surface area (Å²) in [5.41, 5.74) is 4.07. The monoisotopic (exact) mass is 369 g/mol. The third-order valence-corrected chi connectivity index (χ3v) is 5.01. The van der Waals surface area contributed by atoms with Crippen LogP contribution in [0.2, 0.25) is 0 Å². The number of aromatic amines is 1. The van der Waals surface area contributed by atoms with E-state index in [9.17, 15) is 9.59 Å². The highest BCUT2D eigenvalue weighted by molar-refractivity contribution is 5.94. The van der Waals surface area contributed by atoms with Crippen LogP contribution in [0.4, 0.5) is 10.5 Å². The van der Waals surface area contributed by atoms with E-state index in [-0.39, 0.29) is 24.1 Å². The van der Waals surface area contributed by atoms with Gasteiger partial charge in [0.25, 0.3) is 5.91 Å². The minimum Gasteiger partial charge on any atom is -0.369 e. The molecule has 2 aliphatic heterocycles. The number of nitrogens with zero attached hydrogens (tertiary/aromatic N) is 2. The minimum atomic E-state index is -0.197. The van der Waals surface area contributed by atoms with Crippen LogP contribution in [0.15, 0.2) is 24.3 Å². The third-order valence-electron chi connectivity index (χ3n) is 5.01. The van der Waals surface area contributed by atoms with Gasteiger partial charge in [0.2, 0.25) is 0 Å². The number of fused-ring (bicyclic) bond motifs is 1. The van der Waals surface area contributed by atoms with Crippen LogP contribution in [0.5, 0.6) is 0 Å². The molecule has 0 radical (unpaired) electrons. The molecule has 3 heterocycles. The van der Waals surface area contributed by atoms with Crippen molar-refractivity contribution in [2.45, 2.75) is 39.0 Å². The molecule has 27 heavy (non-hydrogen) atoms. The van der Waals surface area contributed by atoms with Crippen LogP contribution < -0.4 is 15.5 Å². The predicted octanol–water partition coefficient (Wildman–Crippen LogP) is 1.89. The van der Waals surface area contributed by atoms with Crippen LogP contribution in [-0.2, 0) is 17.7 Å². The zero-order chi connectivity index (χ0) is 19.0. The molecule has 2 atom stereocenters. The van der Waals surface area contributed by atoms with Crippen LogP contribution in [0.3, 0.4) is 0 Å². The van der Waals surface area contributed by atoms with E-state index in [1.165, 1.54) is 0 Å². The Morgan fingerprint density at radius 1 is 1.33 bits per heavy atom. The molecule has 0 aliphatic carbocycles. The lowest BCUT2D eigenvalue weighted by atomic mass is 9.99. The highest BCUT2D eigenvalue weighted by Gasteiger charge is 2.29. The van der Waals surface area contributed by atoms with Crippen molar-refractivity contribution in [1.82, 2.24) is 20.8 Å². The molecule has 2 aromatic rings. The normalized spacial score (nSPS) is 21.7. The van der Waals surface area contributed by atoms with Gasteiger partial charge in [-0.1, -0.05) is 12.1 Å². The largest absolute Gasteiger partial charge is 0.369 e. The minimum absolute atomic E-state index is 0.0620. The number of anilines is 1. The Balaban J connectivity index is 1.41. The number of ether oxygens (including phenoxy) is 1. The first-order chi connectivity index (χ1) is 13.0. The molecular weight excluding hydrogens is 346 g/mol. The maximum absolute atomic E-state index is 12.6. The number of rotatable bonds is 4. The Kier molecular flexibility index (Phi) is 4.57. The second kappa shape index (κ2) is 7.03. The van der Waals surface area contributed by atoms with Crippen molar-refractivity contribution in [2.24, 2.45) is 0 Å². The van der Waals surface area contributed by atoms with Gasteiger partial charge in [-0.05, 0) is 31.5 Å². The number of carbonyl (C=O) groups excluding carboxylic acids is 2. The number of H-pyrrole nitrogens is 1. The molecule has 2 aliphatic rings. The molecule has 142 valence electrons. The fourth-order valence-electron chi connectivity index (χ4n) is 3.64. The van der Waals surface area contributed by atoms with E-state index in [2.05, 4.69) is 20.8 Å². The zero-order valence-corrected chi connectivity index (χ0v) is 15.4. The third kappa shape index (κ3) is 3.40. The van der Waals surface area contributed by atoms with Gasteiger partial charge in [-0.15, -0.1) is 0 Å². The van der Waals surface area contributed by atoms with E-state index in [0.717, 1.165) is 22.5 Å². The highest BCUT2D eigenvalue weighted by Crippen LogP contribution is 2.30. The molecule has 0 spiro atoms. The van der Waals surface area contributed by atoms with Crippen LogP contribution >= 0.6 is 0 Å². The number of urea groups is 1. The maximum atomic E-state index is 12.6. The zero-order valence-electron chi connectivity index (χ0n) is 15.4. The second-order valence-electron chi connectivity index (χ2n) is 6.99. The van der Waals surface area contributed by atoms with Gasteiger partial charge in [0.15, 0.2) is 5.69 Å². The van der Waals surface area contributed by atoms with Gasteiger partial charge in [0.1, 0.15) is 0 Å². The summed E-state index contributed by atoms with van der Waals surface area (Å²) < 4.78 is 5.76. The summed E-state index contributed by atoms with van der Waals surface area (Å²) in [6.45, 7) is 5.67. The lowest BCUT2D eigenvalue weighted by molar-refractivity contribution is -0.00697. The van der Waals surface area contributed by atoms with Gasteiger partial charge < -0.3 is 15.4 Å². The number of aromatic nitrogens is 2.